The first kappa shape index (κ1) is 19.0. The van der Waals surface area contributed by atoms with Crippen LogP contribution in [-0.4, -0.2) is 41.8 Å². The fourth-order valence-corrected chi connectivity index (χ4v) is 3.44. The van der Waals surface area contributed by atoms with E-state index in [1.165, 1.54) is 13.3 Å². The first-order valence-electron chi connectivity index (χ1n) is 8.63. The van der Waals surface area contributed by atoms with Gasteiger partial charge in [-0.05, 0) is 12.5 Å². The van der Waals surface area contributed by atoms with Gasteiger partial charge in [-0.1, -0.05) is 0 Å². The summed E-state index contributed by atoms with van der Waals surface area (Å²) in [6, 6.07) is 1.64. The summed E-state index contributed by atoms with van der Waals surface area (Å²) in [5, 5.41) is 2.40. The highest BCUT2D eigenvalue weighted by molar-refractivity contribution is 6.02. The van der Waals surface area contributed by atoms with E-state index in [-0.39, 0.29) is 28.8 Å². The van der Waals surface area contributed by atoms with Crippen molar-refractivity contribution in [3.63, 3.8) is 0 Å². The Bertz CT molecular complexity index is 1000. The lowest BCUT2D eigenvalue weighted by atomic mass is 9.85. The molecule has 1 aliphatic carbocycles. The van der Waals surface area contributed by atoms with Crippen LogP contribution in [0, 0.1) is 17.6 Å². The zero-order valence-electron chi connectivity index (χ0n) is 15.2. The molecule has 11 heteroatoms. The molecule has 0 radical (unpaired) electrons. The molecule has 0 unspecified atom stereocenters. The average Bonchev–Trinajstić information content (AvgIpc) is 3.49. The van der Waals surface area contributed by atoms with Gasteiger partial charge in [-0.2, -0.15) is 0 Å². The van der Waals surface area contributed by atoms with Crippen LogP contribution in [0.4, 0.5) is 18.9 Å². The molecule has 2 heterocycles. The minimum Gasteiger partial charge on any atom is -0.480 e. The molecule has 1 saturated carbocycles. The van der Waals surface area contributed by atoms with Gasteiger partial charge in [-0.25, -0.2) is 28.1 Å². The van der Waals surface area contributed by atoms with Crippen molar-refractivity contribution in [2.45, 2.75) is 18.1 Å². The number of amidine groups is 1. The number of nitrogens with one attached hydrogen (secondary N) is 1. The Hall–Kier alpha value is -3.37. The number of nitrogens with two attached hydrogens (primary N) is 1. The number of carbonyl (C=O) groups is 1. The predicted octanol–water partition coefficient (Wildman–Crippen LogP) is 1.91. The molecule has 4 rings (SSSR count). The number of amides is 1. The van der Waals surface area contributed by atoms with Gasteiger partial charge in [-0.15, -0.1) is 0 Å². The molecule has 3 atom stereocenters. The number of carbonyl (C=O) groups excluding carboxylic acids is 1. The molecule has 1 aliphatic heterocycles. The van der Waals surface area contributed by atoms with E-state index in [2.05, 4.69) is 20.3 Å². The van der Waals surface area contributed by atoms with E-state index in [1.807, 2.05) is 0 Å². The number of anilines is 1. The number of nitrogens with zero attached hydrogens (tertiary/aromatic N) is 3. The number of fused-ring (bicyclic) bond motifs is 1. The first-order chi connectivity index (χ1) is 13.9. The van der Waals surface area contributed by atoms with Crippen LogP contribution in [0.5, 0.6) is 5.88 Å². The van der Waals surface area contributed by atoms with E-state index in [0.29, 0.717) is 6.42 Å². The van der Waals surface area contributed by atoms with Crippen LogP contribution in [0.2, 0.25) is 0 Å². The third-order valence-electron chi connectivity index (χ3n) is 4.95. The van der Waals surface area contributed by atoms with E-state index in [9.17, 15) is 18.0 Å². The van der Waals surface area contributed by atoms with Gasteiger partial charge >= 0.3 is 0 Å². The highest BCUT2D eigenvalue weighted by Crippen LogP contribution is 2.54. The van der Waals surface area contributed by atoms with Crippen molar-refractivity contribution in [3.8, 4) is 5.88 Å². The Morgan fingerprint density at radius 2 is 2.17 bits per heavy atom. The number of rotatable bonds is 5. The molecule has 0 bridgehead atoms. The van der Waals surface area contributed by atoms with Crippen LogP contribution in [0.3, 0.4) is 0 Å². The molecular weight excluding hydrogens is 391 g/mol. The molecule has 1 amide bonds. The molecule has 2 aliphatic rings. The second-order valence-electron chi connectivity index (χ2n) is 6.72. The highest BCUT2D eigenvalue weighted by atomic mass is 19.2. The Morgan fingerprint density at radius 1 is 1.38 bits per heavy atom. The van der Waals surface area contributed by atoms with Gasteiger partial charge in [0.05, 0.1) is 19.5 Å². The Labute approximate surface area is 163 Å². The average molecular weight is 407 g/mol. The number of hydrogen-bond donors (Lipinski definition) is 2. The lowest BCUT2D eigenvalue weighted by molar-refractivity contribution is 0.102. The van der Waals surface area contributed by atoms with Crippen molar-refractivity contribution < 1.29 is 27.4 Å². The zero-order chi connectivity index (χ0) is 20.8. The summed E-state index contributed by atoms with van der Waals surface area (Å²) in [7, 11) is 1.39. The highest BCUT2D eigenvalue weighted by Gasteiger charge is 2.60. The summed E-state index contributed by atoms with van der Waals surface area (Å²) >= 11 is 0. The lowest BCUT2D eigenvalue weighted by Crippen LogP contribution is -2.40. The van der Waals surface area contributed by atoms with Crippen molar-refractivity contribution in [1.82, 2.24) is 9.97 Å². The molecule has 0 spiro atoms. The maximum absolute atomic E-state index is 14.6. The third-order valence-corrected chi connectivity index (χ3v) is 4.95. The standard InChI is InChI=1S/C18H16F3N5O3/c1-28-14-6-23-12(5-24-14)16(27)25-8-2-10(15(21)11(20)3-8)18(7-19)9-4-13(9)29-17(22)26-18/h2-3,5-6,9,13H,4,7H2,1H3,(H2,22,26)(H,25,27)/t9-,13+,18-/m0/s1. The molecule has 8 nitrogen and oxygen atoms in total. The summed E-state index contributed by atoms with van der Waals surface area (Å²) in [6.45, 7) is -1.10. The van der Waals surface area contributed by atoms with Crippen molar-refractivity contribution in [3.05, 3.63) is 47.4 Å². The number of aromatic nitrogens is 2. The van der Waals surface area contributed by atoms with Gasteiger partial charge in [0.1, 0.15) is 24.0 Å². The van der Waals surface area contributed by atoms with Crippen molar-refractivity contribution in [1.29, 1.82) is 0 Å². The molecule has 29 heavy (non-hydrogen) atoms. The minimum atomic E-state index is -1.71. The van der Waals surface area contributed by atoms with E-state index >= 15 is 0 Å². The number of hydrogen-bond acceptors (Lipinski definition) is 7. The Balaban J connectivity index is 1.69. The molecule has 1 fully saturated rings. The molecule has 2 aromatic rings. The van der Waals surface area contributed by atoms with Crippen LogP contribution in [0.25, 0.3) is 0 Å². The van der Waals surface area contributed by atoms with E-state index in [0.717, 1.165) is 18.3 Å². The molecule has 152 valence electrons. The van der Waals surface area contributed by atoms with Gasteiger partial charge in [0.25, 0.3) is 11.9 Å². The third kappa shape index (κ3) is 3.22. The minimum absolute atomic E-state index is 0.0760. The van der Waals surface area contributed by atoms with Crippen LogP contribution < -0.4 is 15.8 Å². The zero-order valence-corrected chi connectivity index (χ0v) is 15.2. The van der Waals surface area contributed by atoms with E-state index in [4.69, 9.17) is 15.2 Å². The number of alkyl halides is 1. The molecule has 1 aromatic carbocycles. The van der Waals surface area contributed by atoms with Gasteiger partial charge in [0, 0.05) is 23.2 Å². The summed E-state index contributed by atoms with van der Waals surface area (Å²) in [5.41, 5.74) is 3.38. The van der Waals surface area contributed by atoms with E-state index < -0.39 is 41.8 Å². The van der Waals surface area contributed by atoms with E-state index in [1.54, 1.807) is 0 Å². The number of ether oxygens (including phenoxy) is 2. The normalized spacial score (nSPS) is 24.8. The lowest BCUT2D eigenvalue weighted by Gasteiger charge is -2.31. The van der Waals surface area contributed by atoms with Crippen molar-refractivity contribution in [2.24, 2.45) is 16.6 Å². The Morgan fingerprint density at radius 3 is 2.83 bits per heavy atom. The fraction of sp³-hybridized carbons (Fsp3) is 0.333. The first-order valence-corrected chi connectivity index (χ1v) is 8.63. The summed E-state index contributed by atoms with van der Waals surface area (Å²) in [5.74, 6) is -3.51. The van der Waals surface area contributed by atoms with Crippen LogP contribution in [0.15, 0.2) is 29.5 Å². The molecule has 1 aromatic heterocycles. The Kier molecular flexibility index (Phi) is 4.52. The van der Waals surface area contributed by atoms with Gasteiger partial charge in [0.15, 0.2) is 11.6 Å². The number of halogens is 3. The van der Waals surface area contributed by atoms with Crippen LogP contribution in [-0.2, 0) is 10.3 Å². The topological polar surface area (TPSA) is 112 Å². The smallest absolute Gasteiger partial charge is 0.283 e. The van der Waals surface area contributed by atoms with Crippen molar-refractivity contribution >= 4 is 17.6 Å². The molecular formula is C18H16F3N5O3. The number of aliphatic imine (C=N–C) groups is 1. The quantitative estimate of drug-likeness (QED) is 0.783. The SMILES string of the molecule is COc1cnc(C(=O)Nc2cc(F)c(F)c([C@@]3(CF)N=C(N)O[C@@H]4C[C@@H]43)c2)cn1. The number of benzene rings is 1. The molecule has 0 saturated heterocycles. The summed E-state index contributed by atoms with van der Waals surface area (Å²) in [4.78, 5) is 24.1. The monoisotopic (exact) mass is 407 g/mol. The fourth-order valence-electron chi connectivity index (χ4n) is 3.44. The van der Waals surface area contributed by atoms with Gasteiger partial charge < -0.3 is 20.5 Å². The maximum atomic E-state index is 14.6. The van der Waals surface area contributed by atoms with Crippen molar-refractivity contribution in [2.75, 3.05) is 19.1 Å². The predicted molar refractivity (Wildman–Crippen MR) is 95.2 cm³/mol. The summed E-state index contributed by atoms with van der Waals surface area (Å²) < 4.78 is 53.1. The number of methoxy groups -OCH3 is 1. The largest absolute Gasteiger partial charge is 0.480 e. The van der Waals surface area contributed by atoms with Gasteiger partial charge in [0.2, 0.25) is 5.88 Å². The van der Waals surface area contributed by atoms with Crippen LogP contribution in [0.1, 0.15) is 22.5 Å². The second-order valence-corrected chi connectivity index (χ2v) is 6.72. The second kappa shape index (κ2) is 6.90. The molecule has 3 N–H and O–H groups in total. The van der Waals surface area contributed by atoms with Crippen LogP contribution >= 0.6 is 0 Å². The summed E-state index contributed by atoms with van der Waals surface area (Å²) in [6.07, 6.45) is 2.40. The van der Waals surface area contributed by atoms with Gasteiger partial charge in [-0.3, -0.25) is 4.79 Å². The maximum Gasteiger partial charge on any atom is 0.283 e.